The van der Waals surface area contributed by atoms with Crippen molar-refractivity contribution in [2.45, 2.75) is 18.9 Å². The van der Waals surface area contributed by atoms with Crippen LogP contribution < -0.4 is 11.1 Å². The molecule has 0 radical (unpaired) electrons. The molecule has 0 bridgehead atoms. The van der Waals surface area contributed by atoms with Crippen LogP contribution in [0.1, 0.15) is 23.7 Å². The number of para-hydroxylation sites is 1. The number of methoxy groups -OCH3 is 1. The van der Waals surface area contributed by atoms with Crippen molar-refractivity contribution in [2.24, 2.45) is 0 Å². The zero-order chi connectivity index (χ0) is 15.0. The third kappa shape index (κ3) is 2.87. The van der Waals surface area contributed by atoms with Crippen molar-refractivity contribution in [1.82, 2.24) is 0 Å². The van der Waals surface area contributed by atoms with Crippen molar-refractivity contribution in [2.75, 3.05) is 29.7 Å². The zero-order valence-corrected chi connectivity index (χ0v) is 12.3. The number of carbonyl (C=O) groups is 1. The molecule has 1 aromatic carbocycles. The first-order valence-electron chi connectivity index (χ1n) is 6.22. The Morgan fingerprint density at radius 1 is 1.45 bits per heavy atom. The summed E-state index contributed by atoms with van der Waals surface area (Å²) in [5.41, 5.74) is 6.39. The minimum Gasteiger partial charge on any atom is -0.465 e. The zero-order valence-electron chi connectivity index (χ0n) is 11.5. The molecule has 1 heterocycles. The van der Waals surface area contributed by atoms with Gasteiger partial charge in [0.1, 0.15) is 0 Å². The number of hydrogen-bond donors (Lipinski definition) is 2. The Hall–Kier alpha value is -1.76. The highest BCUT2D eigenvalue weighted by molar-refractivity contribution is 7.91. The average molecular weight is 298 g/mol. The lowest BCUT2D eigenvalue weighted by Gasteiger charge is -2.27. The minimum atomic E-state index is -3.05. The molecule has 1 aliphatic heterocycles. The van der Waals surface area contributed by atoms with Crippen molar-refractivity contribution in [1.29, 1.82) is 0 Å². The van der Waals surface area contributed by atoms with E-state index in [1.807, 2.05) is 6.92 Å². The van der Waals surface area contributed by atoms with E-state index >= 15 is 0 Å². The monoisotopic (exact) mass is 298 g/mol. The number of hydrogen-bond acceptors (Lipinski definition) is 6. The van der Waals surface area contributed by atoms with Gasteiger partial charge in [-0.15, -0.1) is 0 Å². The fraction of sp³-hybridized carbons (Fsp3) is 0.462. The molecule has 0 spiro atoms. The van der Waals surface area contributed by atoms with Crippen LogP contribution in [0.2, 0.25) is 0 Å². The molecule has 1 fully saturated rings. The Morgan fingerprint density at radius 3 is 2.70 bits per heavy atom. The number of nitrogen functional groups attached to an aromatic ring is 1. The number of rotatable bonds is 3. The third-order valence-corrected chi connectivity index (χ3v) is 5.34. The molecule has 3 N–H and O–H groups in total. The van der Waals surface area contributed by atoms with E-state index in [1.165, 1.54) is 7.11 Å². The van der Waals surface area contributed by atoms with E-state index in [0.29, 0.717) is 23.4 Å². The van der Waals surface area contributed by atoms with Crippen LogP contribution in [0.3, 0.4) is 0 Å². The van der Waals surface area contributed by atoms with Crippen LogP contribution in [0.15, 0.2) is 18.2 Å². The molecule has 1 aromatic rings. The highest BCUT2D eigenvalue weighted by atomic mass is 32.2. The van der Waals surface area contributed by atoms with E-state index in [2.05, 4.69) is 5.32 Å². The Balaban J connectivity index is 2.37. The molecule has 0 aromatic heterocycles. The number of carbonyl (C=O) groups excluding carboxylic acids is 1. The van der Waals surface area contributed by atoms with Crippen LogP contribution >= 0.6 is 0 Å². The summed E-state index contributed by atoms with van der Waals surface area (Å²) in [5, 5.41) is 3.12. The van der Waals surface area contributed by atoms with E-state index < -0.39 is 21.3 Å². The Kier molecular flexibility index (Phi) is 3.64. The standard InChI is InChI=1S/C13H18N2O4S/c1-13(6-7-20(17,18)8-13)15-11-9(12(16)19-2)4-3-5-10(11)14/h3-5,15H,6-8,14H2,1-2H3. The Morgan fingerprint density at radius 2 is 2.15 bits per heavy atom. The van der Waals surface area contributed by atoms with E-state index in [-0.39, 0.29) is 11.5 Å². The van der Waals surface area contributed by atoms with Gasteiger partial charge in [-0.25, -0.2) is 13.2 Å². The molecule has 0 saturated carbocycles. The van der Waals surface area contributed by atoms with Gasteiger partial charge in [0.15, 0.2) is 9.84 Å². The number of esters is 1. The summed E-state index contributed by atoms with van der Waals surface area (Å²) in [6.07, 6.45) is 0.476. The molecule has 0 aliphatic carbocycles. The van der Waals surface area contributed by atoms with Gasteiger partial charge in [-0.3, -0.25) is 0 Å². The van der Waals surface area contributed by atoms with Crippen LogP contribution in [-0.2, 0) is 14.6 Å². The van der Waals surface area contributed by atoms with Gasteiger partial charge in [0.2, 0.25) is 0 Å². The summed E-state index contributed by atoms with van der Waals surface area (Å²) in [4.78, 5) is 11.8. The molecule has 110 valence electrons. The van der Waals surface area contributed by atoms with Crippen LogP contribution in [0.25, 0.3) is 0 Å². The number of ether oxygens (including phenoxy) is 1. The lowest BCUT2D eigenvalue weighted by Crippen LogP contribution is -2.36. The minimum absolute atomic E-state index is 0.0228. The van der Waals surface area contributed by atoms with E-state index in [9.17, 15) is 13.2 Å². The molecule has 20 heavy (non-hydrogen) atoms. The summed E-state index contributed by atoms with van der Waals surface area (Å²) in [6.45, 7) is 1.81. The first-order chi connectivity index (χ1) is 9.26. The van der Waals surface area contributed by atoms with Crippen molar-refractivity contribution in [3.63, 3.8) is 0 Å². The maximum absolute atomic E-state index is 11.8. The number of anilines is 2. The van der Waals surface area contributed by atoms with Gasteiger partial charge in [0, 0.05) is 5.54 Å². The van der Waals surface area contributed by atoms with Crippen molar-refractivity contribution >= 4 is 27.2 Å². The predicted octanol–water partition coefficient (Wildman–Crippen LogP) is 1.04. The largest absolute Gasteiger partial charge is 0.465 e. The predicted molar refractivity (Wildman–Crippen MR) is 77.5 cm³/mol. The summed E-state index contributed by atoms with van der Waals surface area (Å²) in [5.74, 6) is -0.351. The first kappa shape index (κ1) is 14.6. The second-order valence-electron chi connectivity index (χ2n) is 5.29. The number of benzene rings is 1. The second kappa shape index (κ2) is 4.97. The molecule has 1 saturated heterocycles. The SMILES string of the molecule is COC(=O)c1cccc(N)c1NC1(C)CCS(=O)(=O)C1. The topological polar surface area (TPSA) is 98.5 Å². The summed E-state index contributed by atoms with van der Waals surface area (Å²) in [6, 6.07) is 4.90. The molecule has 0 amide bonds. The Labute approximate surface area is 118 Å². The van der Waals surface area contributed by atoms with Crippen molar-refractivity contribution in [3.05, 3.63) is 23.8 Å². The van der Waals surface area contributed by atoms with Gasteiger partial charge in [-0.05, 0) is 25.5 Å². The lowest BCUT2D eigenvalue weighted by molar-refractivity contribution is 0.0602. The van der Waals surface area contributed by atoms with Crippen molar-refractivity contribution in [3.8, 4) is 0 Å². The smallest absolute Gasteiger partial charge is 0.340 e. The number of sulfone groups is 1. The lowest BCUT2D eigenvalue weighted by atomic mass is 10.00. The van der Waals surface area contributed by atoms with Crippen LogP contribution in [-0.4, -0.2) is 38.5 Å². The highest BCUT2D eigenvalue weighted by Crippen LogP contribution is 2.32. The molecular weight excluding hydrogens is 280 g/mol. The molecule has 6 nitrogen and oxygen atoms in total. The molecule has 1 aliphatic rings. The first-order valence-corrected chi connectivity index (χ1v) is 8.04. The maximum atomic E-state index is 11.8. The Bertz CT molecular complexity index is 642. The summed E-state index contributed by atoms with van der Waals surface area (Å²) >= 11 is 0. The molecule has 7 heteroatoms. The molecule has 1 atom stereocenters. The highest BCUT2D eigenvalue weighted by Gasteiger charge is 2.39. The fourth-order valence-electron chi connectivity index (χ4n) is 2.40. The van der Waals surface area contributed by atoms with Gasteiger partial charge in [0.25, 0.3) is 0 Å². The van der Waals surface area contributed by atoms with Gasteiger partial charge >= 0.3 is 5.97 Å². The number of nitrogens with one attached hydrogen (secondary N) is 1. The van der Waals surface area contributed by atoms with Gasteiger partial charge in [0.05, 0.1) is 35.6 Å². The second-order valence-corrected chi connectivity index (χ2v) is 7.47. The maximum Gasteiger partial charge on any atom is 0.340 e. The van der Waals surface area contributed by atoms with Gasteiger partial charge in [-0.2, -0.15) is 0 Å². The van der Waals surface area contributed by atoms with Crippen LogP contribution in [0.5, 0.6) is 0 Å². The average Bonchev–Trinajstić information content (AvgIpc) is 2.65. The van der Waals surface area contributed by atoms with E-state index in [4.69, 9.17) is 10.5 Å². The quantitative estimate of drug-likeness (QED) is 0.639. The third-order valence-electron chi connectivity index (χ3n) is 3.43. The van der Waals surface area contributed by atoms with E-state index in [1.54, 1.807) is 18.2 Å². The van der Waals surface area contributed by atoms with Crippen LogP contribution in [0, 0.1) is 0 Å². The molecular formula is C13H18N2O4S. The number of nitrogens with two attached hydrogens (primary N) is 1. The molecule has 2 rings (SSSR count). The fourth-order valence-corrected chi connectivity index (χ4v) is 4.49. The van der Waals surface area contributed by atoms with Crippen LogP contribution in [0.4, 0.5) is 11.4 Å². The molecule has 1 unspecified atom stereocenters. The summed E-state index contributed by atoms with van der Waals surface area (Å²) < 4.78 is 28.0. The summed E-state index contributed by atoms with van der Waals surface area (Å²) in [7, 11) is -1.76. The van der Waals surface area contributed by atoms with E-state index in [0.717, 1.165) is 0 Å². The van der Waals surface area contributed by atoms with Gasteiger partial charge in [-0.1, -0.05) is 6.07 Å². The van der Waals surface area contributed by atoms with Crippen molar-refractivity contribution < 1.29 is 17.9 Å². The normalized spacial score (nSPS) is 24.3. The van der Waals surface area contributed by atoms with Gasteiger partial charge < -0.3 is 15.8 Å².